The van der Waals surface area contributed by atoms with Crippen molar-refractivity contribution >= 4 is 5.95 Å². The van der Waals surface area contributed by atoms with E-state index >= 15 is 0 Å². The van der Waals surface area contributed by atoms with Crippen molar-refractivity contribution in [3.8, 4) is 5.88 Å². The summed E-state index contributed by atoms with van der Waals surface area (Å²) in [5.74, 6) is 1.47. The van der Waals surface area contributed by atoms with E-state index in [2.05, 4.69) is 20.2 Å². The fourth-order valence-corrected chi connectivity index (χ4v) is 1.93. The molecule has 2 aliphatic heterocycles. The third-order valence-electron chi connectivity index (χ3n) is 2.83. The number of nitrogens with one attached hydrogen (secondary N) is 1. The normalized spacial score (nSPS) is 19.1. The lowest BCUT2D eigenvalue weighted by atomic mass is 10.2. The molecule has 0 unspecified atom stereocenters. The summed E-state index contributed by atoms with van der Waals surface area (Å²) in [5, 5.41) is 3.31. The minimum Gasteiger partial charge on any atom is -0.447 e. The molecule has 5 nitrogen and oxygen atoms in total. The van der Waals surface area contributed by atoms with Crippen LogP contribution in [0, 0.1) is 0 Å². The number of aromatic nitrogens is 2. The second-order valence-corrected chi connectivity index (χ2v) is 3.93. The van der Waals surface area contributed by atoms with Gasteiger partial charge in [-0.1, -0.05) is 0 Å². The van der Waals surface area contributed by atoms with E-state index in [1.807, 2.05) is 12.3 Å². The topological polar surface area (TPSA) is 50.3 Å². The summed E-state index contributed by atoms with van der Waals surface area (Å²) >= 11 is 0. The van der Waals surface area contributed by atoms with Crippen molar-refractivity contribution in [3.63, 3.8) is 0 Å². The average Bonchev–Trinajstić information content (AvgIpc) is 2.39. The Kier molecular flexibility index (Phi) is 2.46. The first kappa shape index (κ1) is 9.59. The quantitative estimate of drug-likeness (QED) is 0.736. The van der Waals surface area contributed by atoms with Crippen molar-refractivity contribution in [2.45, 2.75) is 6.42 Å². The highest BCUT2D eigenvalue weighted by molar-refractivity contribution is 5.38. The Balaban J connectivity index is 1.85. The third-order valence-corrected chi connectivity index (χ3v) is 2.83. The second-order valence-electron chi connectivity index (χ2n) is 3.93. The summed E-state index contributed by atoms with van der Waals surface area (Å²) in [6.45, 7) is 3.88. The predicted octanol–water partition coefficient (Wildman–Crippen LogP) is 0.335. The van der Waals surface area contributed by atoms with Gasteiger partial charge in [0.1, 0.15) is 0 Å². The molecule has 3 heterocycles. The molecule has 1 fully saturated rings. The second kappa shape index (κ2) is 4.09. The molecule has 0 aromatic carbocycles. The molecule has 5 heteroatoms. The maximum absolute atomic E-state index is 5.38. The van der Waals surface area contributed by atoms with Crippen molar-refractivity contribution in [3.05, 3.63) is 24.1 Å². The molecule has 1 saturated heterocycles. The Hall–Kier alpha value is -1.62. The van der Waals surface area contributed by atoms with Crippen LogP contribution in [0.15, 0.2) is 18.5 Å². The first-order chi connectivity index (χ1) is 7.93. The largest absolute Gasteiger partial charge is 0.447 e. The van der Waals surface area contributed by atoms with Crippen LogP contribution in [-0.4, -0.2) is 36.1 Å². The zero-order valence-electron chi connectivity index (χ0n) is 9.02. The number of piperazine rings is 1. The van der Waals surface area contributed by atoms with E-state index in [0.717, 1.165) is 44.1 Å². The Morgan fingerprint density at radius 3 is 3.06 bits per heavy atom. The van der Waals surface area contributed by atoms with E-state index in [-0.39, 0.29) is 0 Å². The molecule has 3 rings (SSSR count). The highest BCUT2D eigenvalue weighted by Crippen LogP contribution is 2.22. The monoisotopic (exact) mass is 218 g/mol. The summed E-state index contributed by atoms with van der Waals surface area (Å²) in [7, 11) is 0. The molecule has 0 atom stereocenters. The first-order valence-electron chi connectivity index (χ1n) is 5.57. The maximum Gasteiger partial charge on any atom is 0.228 e. The van der Waals surface area contributed by atoms with Crippen LogP contribution in [-0.2, 0) is 6.42 Å². The maximum atomic E-state index is 5.38. The first-order valence-corrected chi connectivity index (χ1v) is 5.57. The fraction of sp³-hybridized carbons (Fsp3) is 0.455. The highest BCUT2D eigenvalue weighted by atomic mass is 16.5. The molecule has 0 radical (unpaired) electrons. The Labute approximate surface area is 94.1 Å². The van der Waals surface area contributed by atoms with E-state index in [0.29, 0.717) is 5.88 Å². The molecule has 0 saturated carbocycles. The number of rotatable bonds is 1. The van der Waals surface area contributed by atoms with Gasteiger partial charge in [0.15, 0.2) is 0 Å². The van der Waals surface area contributed by atoms with Crippen molar-refractivity contribution in [1.29, 1.82) is 0 Å². The van der Waals surface area contributed by atoms with Crippen LogP contribution >= 0.6 is 0 Å². The van der Waals surface area contributed by atoms with Gasteiger partial charge in [0.2, 0.25) is 11.8 Å². The average molecular weight is 218 g/mol. The number of nitrogens with zero attached hydrogens (tertiary/aromatic N) is 3. The fourth-order valence-electron chi connectivity index (χ4n) is 1.93. The molecule has 2 aliphatic rings. The number of hydrogen-bond donors (Lipinski definition) is 1. The van der Waals surface area contributed by atoms with Gasteiger partial charge in [0, 0.05) is 44.4 Å². The minimum absolute atomic E-state index is 0.700. The van der Waals surface area contributed by atoms with Gasteiger partial charge < -0.3 is 15.0 Å². The minimum atomic E-state index is 0.700. The van der Waals surface area contributed by atoms with Crippen molar-refractivity contribution < 1.29 is 4.74 Å². The summed E-state index contributed by atoms with van der Waals surface area (Å²) in [6.07, 6.45) is 6.38. The highest BCUT2D eigenvalue weighted by Gasteiger charge is 2.16. The van der Waals surface area contributed by atoms with Gasteiger partial charge in [-0.05, 0) is 6.08 Å². The predicted molar refractivity (Wildman–Crippen MR) is 60.6 cm³/mol. The summed E-state index contributed by atoms with van der Waals surface area (Å²) < 4.78 is 5.38. The molecule has 0 spiro atoms. The molecule has 0 bridgehead atoms. The molecule has 16 heavy (non-hydrogen) atoms. The van der Waals surface area contributed by atoms with Crippen molar-refractivity contribution in [1.82, 2.24) is 15.3 Å². The van der Waals surface area contributed by atoms with Crippen molar-refractivity contribution in [2.75, 3.05) is 31.1 Å². The zero-order valence-corrected chi connectivity index (χ0v) is 9.02. The molecule has 0 amide bonds. The van der Waals surface area contributed by atoms with Gasteiger partial charge in [-0.15, -0.1) is 0 Å². The van der Waals surface area contributed by atoms with E-state index in [9.17, 15) is 0 Å². The van der Waals surface area contributed by atoms with Gasteiger partial charge in [-0.3, -0.25) is 0 Å². The molecule has 0 aliphatic carbocycles. The van der Waals surface area contributed by atoms with Gasteiger partial charge in [-0.2, -0.15) is 4.98 Å². The van der Waals surface area contributed by atoms with E-state index < -0.39 is 0 Å². The van der Waals surface area contributed by atoms with Crippen LogP contribution < -0.4 is 15.0 Å². The zero-order chi connectivity index (χ0) is 10.8. The van der Waals surface area contributed by atoms with Gasteiger partial charge in [-0.25, -0.2) is 4.98 Å². The van der Waals surface area contributed by atoms with Crippen molar-refractivity contribution in [2.24, 2.45) is 0 Å². The number of fused-ring (bicyclic) bond motifs is 1. The van der Waals surface area contributed by atoms with Crippen LogP contribution in [0.3, 0.4) is 0 Å². The number of anilines is 1. The van der Waals surface area contributed by atoms with Gasteiger partial charge >= 0.3 is 0 Å². The molecular weight excluding hydrogens is 204 g/mol. The van der Waals surface area contributed by atoms with Crippen LogP contribution in [0.4, 0.5) is 5.95 Å². The Morgan fingerprint density at radius 2 is 2.19 bits per heavy atom. The lowest BCUT2D eigenvalue weighted by molar-refractivity contribution is 0.441. The van der Waals surface area contributed by atoms with Crippen LogP contribution in [0.2, 0.25) is 0 Å². The molecule has 1 N–H and O–H groups in total. The van der Waals surface area contributed by atoms with Crippen LogP contribution in [0.1, 0.15) is 5.56 Å². The summed E-state index contributed by atoms with van der Waals surface area (Å²) in [6, 6.07) is 0. The molecule has 1 aromatic heterocycles. The lowest BCUT2D eigenvalue weighted by Gasteiger charge is -2.27. The smallest absolute Gasteiger partial charge is 0.228 e. The van der Waals surface area contributed by atoms with E-state index in [1.165, 1.54) is 0 Å². The Morgan fingerprint density at radius 1 is 1.31 bits per heavy atom. The summed E-state index contributed by atoms with van der Waals surface area (Å²) in [4.78, 5) is 11.0. The molecule has 84 valence electrons. The van der Waals surface area contributed by atoms with E-state index in [4.69, 9.17) is 4.74 Å². The molecular formula is C11H14N4O. The van der Waals surface area contributed by atoms with E-state index in [1.54, 1.807) is 6.26 Å². The van der Waals surface area contributed by atoms with Gasteiger partial charge in [0.05, 0.1) is 6.26 Å². The molecule has 1 aromatic rings. The SMILES string of the molecule is C1=COc2nc(N3CCNCC3)ncc2C1. The number of hydrogen-bond acceptors (Lipinski definition) is 5. The number of ether oxygens (including phenoxy) is 1. The summed E-state index contributed by atoms with van der Waals surface area (Å²) in [5.41, 5.74) is 1.06. The lowest BCUT2D eigenvalue weighted by Crippen LogP contribution is -2.44. The number of allylic oxidation sites excluding steroid dienone is 1. The standard InChI is InChI=1S/C11H14N4O/c1-2-9-8-13-11(14-10(9)16-7-1)15-5-3-12-4-6-15/h1,7-8,12H,2-6H2. The van der Waals surface area contributed by atoms with Crippen LogP contribution in [0.25, 0.3) is 0 Å². The van der Waals surface area contributed by atoms with Gasteiger partial charge in [0.25, 0.3) is 0 Å². The van der Waals surface area contributed by atoms with Crippen LogP contribution in [0.5, 0.6) is 5.88 Å². The third kappa shape index (κ3) is 1.74. The Bertz CT molecular complexity index is 412.